The van der Waals surface area contributed by atoms with Crippen molar-refractivity contribution < 1.29 is 9.59 Å². The van der Waals surface area contributed by atoms with Crippen molar-refractivity contribution in [1.82, 2.24) is 0 Å². The van der Waals surface area contributed by atoms with E-state index in [1.807, 2.05) is 30.3 Å². The molecule has 0 aromatic heterocycles. The topological polar surface area (TPSA) is 34.1 Å². The van der Waals surface area contributed by atoms with Crippen LogP contribution in [0.2, 0.25) is 0 Å². The number of ketones is 2. The highest BCUT2D eigenvalue weighted by atomic mass is 16.2. The number of Topliss-reactive ketones (excluding diaryl/α,β-unsaturated/α-hetero) is 2. The van der Waals surface area contributed by atoms with Crippen molar-refractivity contribution in [2.24, 2.45) is 0 Å². The summed E-state index contributed by atoms with van der Waals surface area (Å²) in [4.78, 5) is 25.2. The lowest BCUT2D eigenvalue weighted by Crippen LogP contribution is -2.14. The number of hydrogen-bond donors (Lipinski definition) is 0. The summed E-state index contributed by atoms with van der Waals surface area (Å²) in [6.45, 7) is 7.33. The van der Waals surface area contributed by atoms with E-state index in [0.29, 0.717) is 11.1 Å². The van der Waals surface area contributed by atoms with Gasteiger partial charge in [-0.25, -0.2) is 0 Å². The van der Waals surface area contributed by atoms with Gasteiger partial charge in [0.1, 0.15) is 0 Å². The molecule has 0 fully saturated rings. The van der Waals surface area contributed by atoms with Crippen LogP contribution in [0.15, 0.2) is 116 Å². The molecule has 0 heterocycles. The summed E-state index contributed by atoms with van der Waals surface area (Å²) in [5, 5.41) is 0. The Labute approximate surface area is 188 Å². The molecule has 0 saturated heterocycles. The lowest BCUT2D eigenvalue weighted by molar-refractivity contribution is 0.0817. The summed E-state index contributed by atoms with van der Waals surface area (Å²) >= 11 is 0. The molecule has 32 heavy (non-hydrogen) atoms. The molecule has 2 heteroatoms. The Morgan fingerprint density at radius 1 is 0.625 bits per heavy atom. The van der Waals surface area contributed by atoms with Gasteiger partial charge in [-0.3, -0.25) is 9.59 Å². The summed E-state index contributed by atoms with van der Waals surface area (Å²) in [5.74, 6) is 11.0. The zero-order valence-corrected chi connectivity index (χ0v) is 17.5. The minimum atomic E-state index is -0.564. The van der Waals surface area contributed by atoms with E-state index in [-0.39, 0.29) is 0 Å². The first kappa shape index (κ1) is 22.0. The molecule has 0 aliphatic carbocycles. The van der Waals surface area contributed by atoms with Crippen molar-refractivity contribution in [3.63, 3.8) is 0 Å². The fourth-order valence-electron chi connectivity index (χ4n) is 2.77. The van der Waals surface area contributed by atoms with Crippen molar-refractivity contribution in [2.75, 3.05) is 0 Å². The van der Waals surface area contributed by atoms with E-state index in [9.17, 15) is 9.59 Å². The van der Waals surface area contributed by atoms with Crippen LogP contribution in [0.5, 0.6) is 0 Å². The third-order valence-electron chi connectivity index (χ3n) is 4.49. The van der Waals surface area contributed by atoms with Crippen molar-refractivity contribution in [3.05, 3.63) is 144 Å². The smallest absolute Gasteiger partial charge is 0.233 e. The maximum absolute atomic E-state index is 12.6. The van der Waals surface area contributed by atoms with Gasteiger partial charge in [0.2, 0.25) is 11.6 Å². The van der Waals surface area contributed by atoms with E-state index in [2.05, 4.69) is 36.8 Å². The molecule has 0 amide bonds. The predicted octanol–water partition coefficient (Wildman–Crippen LogP) is 5.80. The number of hydrogen-bond acceptors (Lipinski definition) is 2. The molecule has 0 unspecified atom stereocenters. The third kappa shape index (κ3) is 5.92. The Balaban J connectivity index is 1.70. The standard InChI is InChI=1S/C30H20O2/c1-3-8-23(4-2)11-12-25-15-19-27(20-16-25)29(31)30(32)28-21-17-26(18-22-28)14-13-24-9-6-5-7-10-24/h3-10,15-22H,1-2H2/b23-8+. The van der Waals surface area contributed by atoms with Crippen LogP contribution in [0.25, 0.3) is 0 Å². The molecule has 152 valence electrons. The highest BCUT2D eigenvalue weighted by Gasteiger charge is 2.18. The molecule has 3 aromatic rings. The number of benzene rings is 3. The summed E-state index contributed by atoms with van der Waals surface area (Å²) in [6, 6.07) is 23.0. The highest BCUT2D eigenvalue weighted by molar-refractivity contribution is 6.49. The summed E-state index contributed by atoms with van der Waals surface area (Å²) in [7, 11) is 0. The Morgan fingerprint density at radius 2 is 1.09 bits per heavy atom. The number of rotatable bonds is 5. The predicted molar refractivity (Wildman–Crippen MR) is 129 cm³/mol. The minimum absolute atomic E-state index is 0.319. The molecule has 2 nitrogen and oxygen atoms in total. The van der Waals surface area contributed by atoms with Crippen LogP contribution >= 0.6 is 0 Å². The van der Waals surface area contributed by atoms with Gasteiger partial charge in [-0.05, 0) is 66.7 Å². The highest BCUT2D eigenvalue weighted by Crippen LogP contribution is 2.11. The van der Waals surface area contributed by atoms with Crippen molar-refractivity contribution >= 4 is 11.6 Å². The quantitative estimate of drug-likeness (QED) is 0.230. The molecule has 3 rings (SSSR count). The largest absolute Gasteiger partial charge is 0.285 e. The van der Waals surface area contributed by atoms with Gasteiger partial charge >= 0.3 is 0 Å². The van der Waals surface area contributed by atoms with Crippen LogP contribution in [0.4, 0.5) is 0 Å². The van der Waals surface area contributed by atoms with Gasteiger partial charge in [-0.15, -0.1) is 0 Å². The number of carbonyl (C=O) groups excluding carboxylic acids is 2. The Bertz CT molecular complexity index is 1300. The molecule has 0 aliphatic rings. The number of allylic oxidation sites excluding steroid dienone is 4. The molecule has 0 aliphatic heterocycles. The van der Waals surface area contributed by atoms with E-state index < -0.39 is 11.6 Å². The molecule has 0 bridgehead atoms. The van der Waals surface area contributed by atoms with E-state index in [1.54, 1.807) is 66.8 Å². The van der Waals surface area contributed by atoms with Gasteiger partial charge < -0.3 is 0 Å². The normalized spacial score (nSPS) is 10.1. The molecular weight excluding hydrogens is 392 g/mol. The summed E-state index contributed by atoms with van der Waals surface area (Å²) in [6.07, 6.45) is 5.04. The zero-order chi connectivity index (χ0) is 22.8. The second kappa shape index (κ2) is 10.9. The molecule has 0 saturated carbocycles. The van der Waals surface area contributed by atoms with Gasteiger partial charge in [0.05, 0.1) is 0 Å². The first-order chi connectivity index (χ1) is 15.6. The average molecular weight is 412 g/mol. The number of carbonyl (C=O) groups is 2. The van der Waals surface area contributed by atoms with Crippen LogP contribution in [0.1, 0.15) is 37.4 Å². The molecule has 3 aromatic carbocycles. The fourth-order valence-corrected chi connectivity index (χ4v) is 2.77. The fraction of sp³-hybridized carbons (Fsp3) is 0. The van der Waals surface area contributed by atoms with Crippen LogP contribution in [0, 0.1) is 23.7 Å². The second-order valence-corrected chi connectivity index (χ2v) is 6.74. The van der Waals surface area contributed by atoms with Gasteiger partial charge in [0.15, 0.2) is 0 Å². The third-order valence-corrected chi connectivity index (χ3v) is 4.49. The van der Waals surface area contributed by atoms with Crippen molar-refractivity contribution in [1.29, 1.82) is 0 Å². The van der Waals surface area contributed by atoms with Crippen LogP contribution in [-0.4, -0.2) is 11.6 Å². The molecular formula is C30H20O2. The molecule has 0 N–H and O–H groups in total. The van der Waals surface area contributed by atoms with Crippen molar-refractivity contribution in [3.8, 4) is 23.7 Å². The van der Waals surface area contributed by atoms with E-state index >= 15 is 0 Å². The lowest BCUT2D eigenvalue weighted by Gasteiger charge is -2.02. The van der Waals surface area contributed by atoms with Gasteiger partial charge in [0.25, 0.3) is 0 Å². The average Bonchev–Trinajstić information content (AvgIpc) is 2.85. The monoisotopic (exact) mass is 412 g/mol. The van der Waals surface area contributed by atoms with Crippen LogP contribution in [-0.2, 0) is 0 Å². The van der Waals surface area contributed by atoms with E-state index in [4.69, 9.17) is 0 Å². The molecule has 0 spiro atoms. The minimum Gasteiger partial charge on any atom is -0.285 e. The SMILES string of the molecule is C=C/C=C(/C#Cc1ccc(C(=O)C(=O)c2ccc(C#Cc3ccccc3)cc2)cc1)C=C. The summed E-state index contributed by atoms with van der Waals surface area (Å²) < 4.78 is 0. The molecule has 0 atom stereocenters. The van der Waals surface area contributed by atoms with Gasteiger partial charge in [0, 0.05) is 33.4 Å². The molecule has 0 radical (unpaired) electrons. The summed E-state index contributed by atoms with van der Waals surface area (Å²) in [5.41, 5.74) is 3.80. The van der Waals surface area contributed by atoms with E-state index in [0.717, 1.165) is 22.3 Å². The Morgan fingerprint density at radius 3 is 1.56 bits per heavy atom. The van der Waals surface area contributed by atoms with E-state index in [1.165, 1.54) is 0 Å². The Kier molecular flexibility index (Phi) is 7.53. The maximum Gasteiger partial charge on any atom is 0.233 e. The second-order valence-electron chi connectivity index (χ2n) is 6.74. The first-order valence-electron chi connectivity index (χ1n) is 9.94. The Hall–Kier alpha value is -4.66. The van der Waals surface area contributed by atoms with Crippen LogP contribution < -0.4 is 0 Å². The first-order valence-corrected chi connectivity index (χ1v) is 9.94. The van der Waals surface area contributed by atoms with Gasteiger partial charge in [-0.1, -0.05) is 67.2 Å². The zero-order valence-electron chi connectivity index (χ0n) is 17.5. The van der Waals surface area contributed by atoms with Crippen LogP contribution in [0.3, 0.4) is 0 Å². The van der Waals surface area contributed by atoms with Gasteiger partial charge in [-0.2, -0.15) is 0 Å². The lowest BCUT2D eigenvalue weighted by atomic mass is 9.99. The maximum atomic E-state index is 12.6. The van der Waals surface area contributed by atoms with Crippen molar-refractivity contribution in [2.45, 2.75) is 0 Å².